The van der Waals surface area contributed by atoms with Crippen LogP contribution >= 0.6 is 11.6 Å². The molecule has 0 aliphatic carbocycles. The van der Waals surface area contributed by atoms with Crippen LogP contribution in [0.5, 0.6) is 0 Å². The fourth-order valence-electron chi connectivity index (χ4n) is 2.11. The number of hydrogen-bond donors (Lipinski definition) is 0. The molecule has 1 aromatic rings. The Hall–Kier alpha value is -1.05. The third-order valence-corrected chi connectivity index (χ3v) is 3.28. The molecule has 0 aromatic heterocycles. The van der Waals surface area contributed by atoms with Crippen molar-refractivity contribution in [3.8, 4) is 0 Å². The van der Waals surface area contributed by atoms with Gasteiger partial charge in [0.1, 0.15) is 18.8 Å². The quantitative estimate of drug-likeness (QED) is 0.637. The first-order chi connectivity index (χ1) is 7.01. The van der Waals surface area contributed by atoms with Crippen molar-refractivity contribution in [2.75, 3.05) is 20.1 Å². The number of nitrogens with zero attached hydrogens (tertiary/aromatic N) is 1. The first-order valence-electron chi connectivity index (χ1n) is 4.98. The maximum absolute atomic E-state index is 5.88. The Kier molecular flexibility index (Phi) is 2.45. The lowest BCUT2D eigenvalue weighted by molar-refractivity contribution is 0.424. The number of benzene rings is 1. The fraction of sp³-hybridized carbons (Fsp3) is 0.231. The van der Waals surface area contributed by atoms with Crippen LogP contribution in [0.3, 0.4) is 0 Å². The molecule has 0 unspecified atom stereocenters. The number of halogens is 1. The molecule has 1 saturated heterocycles. The maximum atomic E-state index is 5.88. The molecule has 1 aliphatic heterocycles. The molecule has 2 heteroatoms. The van der Waals surface area contributed by atoms with Gasteiger partial charge in [0.05, 0.1) is 7.05 Å². The summed E-state index contributed by atoms with van der Waals surface area (Å²) in [5.74, 6) is 0. The molecule has 78 valence electrons. The molecule has 0 saturated carbocycles. The van der Waals surface area contributed by atoms with E-state index in [0.717, 1.165) is 33.7 Å². The Labute approximate surface area is 95.9 Å². The van der Waals surface area contributed by atoms with Crippen molar-refractivity contribution in [3.05, 3.63) is 53.6 Å². The van der Waals surface area contributed by atoms with Gasteiger partial charge in [-0.25, -0.2) is 0 Å². The van der Waals surface area contributed by atoms with Gasteiger partial charge < -0.3 is 0 Å². The van der Waals surface area contributed by atoms with E-state index in [-0.39, 0.29) is 0 Å². The Bertz CT molecular complexity index is 401. The number of quaternary nitrogens is 1. The number of likely N-dealkylation sites (tertiary alicyclic amines) is 1. The van der Waals surface area contributed by atoms with Crippen LogP contribution in [0.25, 0.3) is 0 Å². The minimum atomic E-state index is 0.780. The number of rotatable bonds is 1. The van der Waals surface area contributed by atoms with E-state index in [2.05, 4.69) is 32.3 Å². The van der Waals surface area contributed by atoms with Crippen molar-refractivity contribution in [2.24, 2.45) is 0 Å². The van der Waals surface area contributed by atoms with Crippen LogP contribution in [0.4, 0.5) is 5.69 Å². The fourth-order valence-corrected chi connectivity index (χ4v) is 2.23. The van der Waals surface area contributed by atoms with Crippen molar-refractivity contribution in [3.63, 3.8) is 0 Å². The molecular weight excluding hydrogens is 206 g/mol. The molecule has 0 radical (unpaired) electrons. The van der Waals surface area contributed by atoms with Crippen LogP contribution in [0.1, 0.15) is 0 Å². The molecule has 1 aromatic carbocycles. The molecule has 0 spiro atoms. The lowest BCUT2D eigenvalue weighted by Crippen LogP contribution is -2.41. The van der Waals surface area contributed by atoms with Crippen molar-refractivity contribution in [2.45, 2.75) is 0 Å². The van der Waals surface area contributed by atoms with E-state index in [1.54, 1.807) is 0 Å². The zero-order chi connectivity index (χ0) is 11.1. The van der Waals surface area contributed by atoms with Crippen LogP contribution in [-0.2, 0) is 0 Å². The first-order valence-corrected chi connectivity index (χ1v) is 5.36. The predicted octanol–water partition coefficient (Wildman–Crippen LogP) is 3.40. The standard InChI is InChI=1S/C13H15ClN/c1-10-8-15(3,9-11(10)2)13-6-4-12(14)5-7-13/h4-7H,1-2,8-9H2,3H3/q+1. The highest BCUT2D eigenvalue weighted by Gasteiger charge is 2.34. The van der Waals surface area contributed by atoms with Gasteiger partial charge in [0.2, 0.25) is 0 Å². The van der Waals surface area contributed by atoms with E-state index in [1.165, 1.54) is 5.69 Å². The molecule has 15 heavy (non-hydrogen) atoms. The molecule has 1 aliphatic rings. The average molecular weight is 221 g/mol. The molecule has 0 amide bonds. The van der Waals surface area contributed by atoms with Crippen LogP contribution in [0, 0.1) is 0 Å². The van der Waals surface area contributed by atoms with Gasteiger partial charge in [0.25, 0.3) is 0 Å². The lowest BCUT2D eigenvalue weighted by Gasteiger charge is -2.28. The van der Waals surface area contributed by atoms with Gasteiger partial charge in [-0.1, -0.05) is 24.8 Å². The molecular formula is C13H15ClN+. The molecule has 1 nitrogen and oxygen atoms in total. The summed E-state index contributed by atoms with van der Waals surface area (Å²) in [4.78, 5) is 0. The summed E-state index contributed by atoms with van der Waals surface area (Å²) in [7, 11) is 2.20. The van der Waals surface area contributed by atoms with E-state index in [9.17, 15) is 0 Å². The highest BCUT2D eigenvalue weighted by Crippen LogP contribution is 2.32. The second kappa shape index (κ2) is 3.51. The molecule has 1 heterocycles. The highest BCUT2D eigenvalue weighted by atomic mass is 35.5. The van der Waals surface area contributed by atoms with E-state index < -0.39 is 0 Å². The summed E-state index contributed by atoms with van der Waals surface area (Å²) < 4.78 is 0.856. The summed E-state index contributed by atoms with van der Waals surface area (Å²) in [5, 5.41) is 0.780. The highest BCUT2D eigenvalue weighted by molar-refractivity contribution is 6.30. The summed E-state index contributed by atoms with van der Waals surface area (Å²) in [6, 6.07) is 8.02. The van der Waals surface area contributed by atoms with E-state index in [1.807, 2.05) is 12.1 Å². The largest absolute Gasteiger partial charge is 0.286 e. The van der Waals surface area contributed by atoms with Crippen LogP contribution in [-0.4, -0.2) is 20.1 Å². The van der Waals surface area contributed by atoms with Gasteiger partial charge in [-0.2, -0.15) is 0 Å². The minimum absolute atomic E-state index is 0.780. The summed E-state index contributed by atoms with van der Waals surface area (Å²) in [6.45, 7) is 9.95. The molecule has 0 bridgehead atoms. The van der Waals surface area contributed by atoms with Gasteiger partial charge >= 0.3 is 0 Å². The maximum Gasteiger partial charge on any atom is 0.133 e. The van der Waals surface area contributed by atoms with Crippen molar-refractivity contribution in [1.82, 2.24) is 4.48 Å². The average Bonchev–Trinajstić information content (AvgIpc) is 2.43. The summed E-state index contributed by atoms with van der Waals surface area (Å²) in [6.07, 6.45) is 0. The summed E-state index contributed by atoms with van der Waals surface area (Å²) in [5.41, 5.74) is 3.58. The van der Waals surface area contributed by atoms with Crippen LogP contribution < -0.4 is 4.48 Å². The summed E-state index contributed by atoms with van der Waals surface area (Å²) >= 11 is 5.88. The van der Waals surface area contributed by atoms with Gasteiger partial charge in [-0.3, -0.25) is 4.48 Å². The van der Waals surface area contributed by atoms with Gasteiger partial charge in [0, 0.05) is 28.3 Å². The van der Waals surface area contributed by atoms with Gasteiger partial charge in [-0.15, -0.1) is 0 Å². The number of likely N-dealkylation sites (N-methyl/N-ethyl adjacent to an activating group) is 1. The van der Waals surface area contributed by atoms with E-state index in [4.69, 9.17) is 11.6 Å². The van der Waals surface area contributed by atoms with Crippen molar-refractivity contribution < 1.29 is 0 Å². The van der Waals surface area contributed by atoms with Crippen molar-refractivity contribution >= 4 is 17.3 Å². The molecule has 1 fully saturated rings. The van der Waals surface area contributed by atoms with E-state index >= 15 is 0 Å². The van der Waals surface area contributed by atoms with Crippen molar-refractivity contribution in [1.29, 1.82) is 0 Å². The van der Waals surface area contributed by atoms with E-state index in [0.29, 0.717) is 0 Å². The van der Waals surface area contributed by atoms with Gasteiger partial charge in [0.15, 0.2) is 0 Å². The topological polar surface area (TPSA) is 0 Å². The SMILES string of the molecule is C=C1C[N+](C)(c2ccc(Cl)cc2)CC1=C. The Morgan fingerprint density at radius 2 is 1.53 bits per heavy atom. The van der Waals surface area contributed by atoms with Crippen LogP contribution in [0.2, 0.25) is 5.02 Å². The minimum Gasteiger partial charge on any atom is -0.286 e. The Morgan fingerprint density at radius 1 is 1.07 bits per heavy atom. The smallest absolute Gasteiger partial charge is 0.133 e. The Balaban J connectivity index is 2.35. The molecule has 0 N–H and O–H groups in total. The molecule has 2 rings (SSSR count). The second-order valence-corrected chi connectivity index (χ2v) is 4.83. The third-order valence-electron chi connectivity index (χ3n) is 3.03. The van der Waals surface area contributed by atoms with Gasteiger partial charge in [-0.05, 0) is 12.1 Å². The second-order valence-electron chi connectivity index (χ2n) is 4.40. The normalized spacial score (nSPS) is 19.6. The number of hydrogen-bond acceptors (Lipinski definition) is 0. The Morgan fingerprint density at radius 3 is 2.00 bits per heavy atom. The monoisotopic (exact) mass is 220 g/mol. The predicted molar refractivity (Wildman–Crippen MR) is 67.2 cm³/mol. The first kappa shape index (κ1) is 10.5. The zero-order valence-corrected chi connectivity index (χ0v) is 9.72. The zero-order valence-electron chi connectivity index (χ0n) is 8.96. The van der Waals surface area contributed by atoms with Crippen LogP contribution in [0.15, 0.2) is 48.6 Å². The third kappa shape index (κ3) is 1.85. The molecule has 0 atom stereocenters. The lowest BCUT2D eigenvalue weighted by atomic mass is 10.2.